The second kappa shape index (κ2) is 5.59. The summed E-state index contributed by atoms with van der Waals surface area (Å²) in [6, 6.07) is -0.926. The van der Waals surface area contributed by atoms with Crippen molar-refractivity contribution in [1.82, 2.24) is 10.2 Å². The number of piperazine rings is 1. The Morgan fingerprint density at radius 3 is 2.47 bits per heavy atom. The summed E-state index contributed by atoms with van der Waals surface area (Å²) in [6.45, 7) is 2.03. The molecule has 6 nitrogen and oxygen atoms in total. The highest BCUT2D eigenvalue weighted by Crippen LogP contribution is 2.30. The molecule has 106 valence electrons. The zero-order valence-corrected chi connectivity index (χ0v) is 11.1. The van der Waals surface area contributed by atoms with Gasteiger partial charge in [-0.25, -0.2) is 4.79 Å². The summed E-state index contributed by atoms with van der Waals surface area (Å²) in [5.74, 6) is -1.00. The number of nitrogens with one attached hydrogen (secondary N) is 1. The van der Waals surface area contributed by atoms with Gasteiger partial charge in [-0.2, -0.15) is 0 Å². The van der Waals surface area contributed by atoms with Gasteiger partial charge in [-0.3, -0.25) is 9.59 Å². The lowest BCUT2D eigenvalue weighted by Crippen LogP contribution is -2.60. The first-order valence-corrected chi connectivity index (χ1v) is 6.79. The Balaban J connectivity index is 2.06. The van der Waals surface area contributed by atoms with Gasteiger partial charge in [0.25, 0.3) is 0 Å². The summed E-state index contributed by atoms with van der Waals surface area (Å²) in [4.78, 5) is 36.2. The molecular formula is C13H20N2O4. The molecule has 2 amide bonds. The minimum absolute atomic E-state index is 0.00301. The third-order valence-corrected chi connectivity index (χ3v) is 4.12. The number of hydrogen-bond donors (Lipinski definition) is 2. The number of carbonyl (C=O) groups is 3. The van der Waals surface area contributed by atoms with Crippen molar-refractivity contribution in [3.8, 4) is 0 Å². The molecule has 0 radical (unpaired) electrons. The van der Waals surface area contributed by atoms with Gasteiger partial charge in [0, 0.05) is 12.5 Å². The minimum Gasteiger partial charge on any atom is -0.480 e. The first kappa shape index (κ1) is 13.8. The van der Waals surface area contributed by atoms with Gasteiger partial charge in [0.1, 0.15) is 12.6 Å². The van der Waals surface area contributed by atoms with Crippen LogP contribution in [0.3, 0.4) is 0 Å². The molecule has 1 unspecified atom stereocenters. The molecule has 1 atom stereocenters. The third-order valence-electron chi connectivity index (χ3n) is 4.12. The molecule has 0 aromatic rings. The van der Waals surface area contributed by atoms with Crippen molar-refractivity contribution in [2.24, 2.45) is 11.8 Å². The quantitative estimate of drug-likeness (QED) is 0.750. The monoisotopic (exact) mass is 268 g/mol. The fraction of sp³-hybridized carbons (Fsp3) is 0.769. The van der Waals surface area contributed by atoms with Crippen LogP contribution < -0.4 is 5.32 Å². The number of carboxylic acid groups (broad SMARTS) is 1. The third kappa shape index (κ3) is 3.05. The number of nitrogens with zero attached hydrogens (tertiary/aromatic N) is 1. The molecule has 2 aliphatic rings. The van der Waals surface area contributed by atoms with Gasteiger partial charge in [0.05, 0.1) is 0 Å². The smallest absolute Gasteiger partial charge is 0.328 e. The molecule has 1 aliphatic carbocycles. The van der Waals surface area contributed by atoms with Crippen molar-refractivity contribution >= 4 is 17.8 Å². The summed E-state index contributed by atoms with van der Waals surface area (Å²) in [5, 5.41) is 11.6. The van der Waals surface area contributed by atoms with Crippen LogP contribution in [0.2, 0.25) is 0 Å². The molecule has 2 fully saturated rings. The van der Waals surface area contributed by atoms with Crippen molar-refractivity contribution in [1.29, 1.82) is 0 Å². The van der Waals surface area contributed by atoms with Crippen LogP contribution in [0.5, 0.6) is 0 Å². The molecule has 0 spiro atoms. The lowest BCUT2D eigenvalue weighted by atomic mass is 9.82. The highest BCUT2D eigenvalue weighted by atomic mass is 16.4. The van der Waals surface area contributed by atoms with Crippen LogP contribution in [0, 0.1) is 11.8 Å². The molecule has 2 rings (SSSR count). The number of rotatable bonds is 2. The summed E-state index contributed by atoms with van der Waals surface area (Å²) < 4.78 is 0. The number of hydrogen-bond acceptors (Lipinski definition) is 3. The highest BCUT2D eigenvalue weighted by Gasteiger charge is 2.38. The van der Waals surface area contributed by atoms with Gasteiger partial charge in [-0.1, -0.05) is 6.92 Å². The maximum atomic E-state index is 12.4. The summed E-state index contributed by atoms with van der Waals surface area (Å²) in [6.07, 6.45) is 3.58. The first-order valence-electron chi connectivity index (χ1n) is 6.79. The molecule has 19 heavy (non-hydrogen) atoms. The Morgan fingerprint density at radius 2 is 1.89 bits per heavy atom. The second-order valence-electron chi connectivity index (χ2n) is 5.58. The molecule has 0 bridgehead atoms. The Labute approximate surface area is 112 Å². The summed E-state index contributed by atoms with van der Waals surface area (Å²) >= 11 is 0. The molecule has 1 saturated carbocycles. The van der Waals surface area contributed by atoms with E-state index in [0.29, 0.717) is 5.92 Å². The predicted octanol–water partition coefficient (Wildman–Crippen LogP) is 0.224. The number of aliphatic carboxylic acids is 1. The average molecular weight is 268 g/mol. The topological polar surface area (TPSA) is 86.7 Å². The SMILES string of the molecule is CC1CCC(C(=O)N2CC(=O)NCC2C(=O)O)CC1. The molecule has 1 heterocycles. The van der Waals surface area contributed by atoms with E-state index in [1.54, 1.807) is 0 Å². The fourth-order valence-electron chi connectivity index (χ4n) is 2.84. The van der Waals surface area contributed by atoms with Crippen LogP contribution in [0.4, 0.5) is 0 Å². The van der Waals surface area contributed by atoms with Crippen LogP contribution in [0.25, 0.3) is 0 Å². The molecule has 1 saturated heterocycles. The van der Waals surface area contributed by atoms with Crippen molar-refractivity contribution in [3.63, 3.8) is 0 Å². The Hall–Kier alpha value is -1.59. The lowest BCUT2D eigenvalue weighted by molar-refractivity contribution is -0.156. The lowest BCUT2D eigenvalue weighted by Gasteiger charge is -2.36. The van der Waals surface area contributed by atoms with E-state index in [4.69, 9.17) is 5.11 Å². The Kier molecular flexibility index (Phi) is 4.07. The van der Waals surface area contributed by atoms with E-state index in [1.807, 2.05) is 0 Å². The van der Waals surface area contributed by atoms with E-state index in [9.17, 15) is 14.4 Å². The number of carbonyl (C=O) groups excluding carboxylic acids is 2. The van der Waals surface area contributed by atoms with Gasteiger partial charge in [-0.05, 0) is 31.6 Å². The van der Waals surface area contributed by atoms with E-state index in [0.717, 1.165) is 25.7 Å². The fourth-order valence-corrected chi connectivity index (χ4v) is 2.84. The van der Waals surface area contributed by atoms with Gasteiger partial charge in [-0.15, -0.1) is 0 Å². The van der Waals surface area contributed by atoms with Crippen LogP contribution in [0.1, 0.15) is 32.6 Å². The maximum absolute atomic E-state index is 12.4. The van der Waals surface area contributed by atoms with Crippen LogP contribution in [-0.4, -0.2) is 46.9 Å². The minimum atomic E-state index is -1.06. The second-order valence-corrected chi connectivity index (χ2v) is 5.58. The number of carboxylic acids is 1. The van der Waals surface area contributed by atoms with Gasteiger partial charge < -0.3 is 15.3 Å². The van der Waals surface area contributed by atoms with Crippen molar-refractivity contribution in [3.05, 3.63) is 0 Å². The van der Waals surface area contributed by atoms with Gasteiger partial charge in [0.15, 0.2) is 0 Å². The van der Waals surface area contributed by atoms with Crippen LogP contribution in [0.15, 0.2) is 0 Å². The normalized spacial score (nSPS) is 31.7. The first-order chi connectivity index (χ1) is 8.99. The Bertz CT molecular complexity index is 388. The molecule has 1 aliphatic heterocycles. The van der Waals surface area contributed by atoms with Crippen LogP contribution >= 0.6 is 0 Å². The highest BCUT2D eigenvalue weighted by molar-refractivity contribution is 5.92. The Morgan fingerprint density at radius 1 is 1.26 bits per heavy atom. The molecule has 6 heteroatoms. The van der Waals surface area contributed by atoms with Gasteiger partial charge >= 0.3 is 5.97 Å². The molecule has 2 N–H and O–H groups in total. The van der Waals surface area contributed by atoms with Crippen molar-refractivity contribution in [2.45, 2.75) is 38.6 Å². The van der Waals surface area contributed by atoms with E-state index >= 15 is 0 Å². The molecular weight excluding hydrogens is 248 g/mol. The van der Waals surface area contributed by atoms with Crippen LogP contribution in [-0.2, 0) is 14.4 Å². The van der Waals surface area contributed by atoms with E-state index in [-0.39, 0.29) is 30.8 Å². The van der Waals surface area contributed by atoms with Crippen molar-refractivity contribution in [2.75, 3.05) is 13.1 Å². The molecule has 0 aromatic carbocycles. The average Bonchev–Trinajstić information content (AvgIpc) is 2.38. The zero-order valence-electron chi connectivity index (χ0n) is 11.1. The summed E-state index contributed by atoms with van der Waals surface area (Å²) in [5.41, 5.74) is 0. The largest absolute Gasteiger partial charge is 0.480 e. The summed E-state index contributed by atoms with van der Waals surface area (Å²) in [7, 11) is 0. The molecule has 0 aromatic heterocycles. The predicted molar refractivity (Wildman–Crippen MR) is 67.3 cm³/mol. The van der Waals surface area contributed by atoms with Crippen molar-refractivity contribution < 1.29 is 19.5 Å². The van der Waals surface area contributed by atoms with E-state index in [2.05, 4.69) is 12.2 Å². The standard InChI is InChI=1S/C13H20N2O4/c1-8-2-4-9(5-3-8)12(17)15-7-11(16)14-6-10(15)13(18)19/h8-10H,2-7H2,1H3,(H,14,16)(H,18,19). The van der Waals surface area contributed by atoms with E-state index in [1.165, 1.54) is 4.90 Å². The number of amides is 2. The maximum Gasteiger partial charge on any atom is 0.328 e. The zero-order chi connectivity index (χ0) is 14.0. The van der Waals surface area contributed by atoms with E-state index < -0.39 is 12.0 Å². The van der Waals surface area contributed by atoms with Gasteiger partial charge in [0.2, 0.25) is 11.8 Å².